The smallest absolute Gasteiger partial charge is 0.0132 e. The minimum absolute atomic E-state index is 0. The third kappa shape index (κ3) is 11.2. The third-order valence-corrected chi connectivity index (χ3v) is 11.0. The second kappa shape index (κ2) is 17.7. The van der Waals surface area contributed by atoms with Crippen molar-refractivity contribution in [3.05, 3.63) is 125 Å². The molecule has 0 aliphatic heterocycles. The predicted octanol–water partition coefficient (Wildman–Crippen LogP) is 7.00. The van der Waals surface area contributed by atoms with Crippen molar-refractivity contribution in [3.63, 3.8) is 0 Å². The molecule has 0 fully saturated rings. The van der Waals surface area contributed by atoms with Crippen LogP contribution in [0.1, 0.15) is 63.8 Å². The van der Waals surface area contributed by atoms with E-state index in [1.165, 1.54) is 66.1 Å². The zero-order valence-corrected chi connectivity index (χ0v) is 38.5. The van der Waals surface area contributed by atoms with Crippen LogP contribution in [0.15, 0.2) is 103 Å². The summed E-state index contributed by atoms with van der Waals surface area (Å²) in [6, 6.07) is 38.7. The Labute approximate surface area is 332 Å². The number of fused-ring (bicyclic) bond motifs is 2. The molecule has 6 aromatic rings. The van der Waals surface area contributed by atoms with Crippen molar-refractivity contribution < 1.29 is 48.1 Å². The summed E-state index contributed by atoms with van der Waals surface area (Å²) in [6.07, 6.45) is 0. The standard InChI is InChI=1S/C22H27Si.C21H23.C2H6Si.2ClH.Zr/c1-22(2,3)18-12-10-16(11-13-18)20-9-7-8-17-14-19(15-21(17)20)23(4,5)6;1-14-12-19-15(2)6-11-18(20(19)13-14)16-7-9-17(10-8-16)21(3,4)5;1-3-2;;;/h7-15H,1-6H3;6-13H,1-5H3;1-2H3;2*1H;/q2*-1;;;;+2/p-2. The number of rotatable bonds is 3. The average Bonchev–Trinajstić information content (AvgIpc) is 3.61. The molecule has 5 heteroatoms. The first-order chi connectivity index (χ1) is 22.3. The Morgan fingerprint density at radius 2 is 1.06 bits per heavy atom. The third-order valence-electron chi connectivity index (χ3n) is 8.99. The van der Waals surface area contributed by atoms with E-state index in [0.717, 1.165) is 0 Å². The van der Waals surface area contributed by atoms with E-state index in [-0.39, 0.29) is 41.1 Å². The number of benzene rings is 4. The van der Waals surface area contributed by atoms with Crippen molar-refractivity contribution >= 4 is 40.2 Å². The summed E-state index contributed by atoms with van der Waals surface area (Å²) < 4.78 is 0. The number of halogens is 2. The van der Waals surface area contributed by atoms with Gasteiger partial charge in [0.1, 0.15) is 0 Å². The van der Waals surface area contributed by atoms with Crippen LogP contribution in [0.3, 0.4) is 0 Å². The molecule has 0 spiro atoms. The van der Waals surface area contributed by atoms with Gasteiger partial charge in [-0.25, -0.2) is 0 Å². The molecule has 0 amide bonds. The molecule has 0 N–H and O–H groups in total. The van der Waals surface area contributed by atoms with Gasteiger partial charge in [0.05, 0.1) is 8.07 Å². The summed E-state index contributed by atoms with van der Waals surface area (Å²) in [4.78, 5) is 0. The van der Waals surface area contributed by atoms with Gasteiger partial charge in [-0.1, -0.05) is 147 Å². The van der Waals surface area contributed by atoms with Gasteiger partial charge in [-0.05, 0) is 33.1 Å². The van der Waals surface area contributed by atoms with E-state index < -0.39 is 8.07 Å². The van der Waals surface area contributed by atoms with Crippen LogP contribution >= 0.6 is 0 Å². The largest absolute Gasteiger partial charge is 1.00 e. The fourth-order valence-electron chi connectivity index (χ4n) is 6.06. The molecule has 0 aliphatic rings. The van der Waals surface area contributed by atoms with E-state index >= 15 is 0 Å². The number of aryl methyl sites for hydroxylation is 2. The van der Waals surface area contributed by atoms with E-state index in [4.69, 9.17) is 0 Å². The van der Waals surface area contributed by atoms with E-state index in [1.54, 1.807) is 28.5 Å². The Balaban J connectivity index is 0.000000303. The molecule has 0 bridgehead atoms. The molecule has 0 heterocycles. The topological polar surface area (TPSA) is 0 Å². The molecule has 0 saturated heterocycles. The van der Waals surface area contributed by atoms with Crippen LogP contribution in [-0.2, 0) is 34.2 Å². The van der Waals surface area contributed by atoms with Crippen molar-refractivity contribution in [1.29, 1.82) is 0 Å². The Bertz CT molecular complexity index is 2000. The summed E-state index contributed by atoms with van der Waals surface area (Å²) in [7, 11) is -1.27. The molecule has 6 rings (SSSR count). The first-order valence-electron chi connectivity index (χ1n) is 17.4. The molecule has 0 atom stereocenters. The fourth-order valence-corrected chi connectivity index (χ4v) is 7.23. The van der Waals surface area contributed by atoms with Gasteiger partial charge in [-0.15, -0.1) is 68.2 Å². The zero-order chi connectivity index (χ0) is 35.6. The van der Waals surface area contributed by atoms with Crippen molar-refractivity contribution in [3.8, 4) is 22.3 Å². The van der Waals surface area contributed by atoms with Crippen LogP contribution in [-0.4, -0.2) is 13.5 Å². The van der Waals surface area contributed by atoms with Gasteiger partial charge in [0.2, 0.25) is 0 Å². The van der Waals surface area contributed by atoms with Crippen molar-refractivity contribution in [2.45, 2.75) is 99.0 Å². The molecule has 6 aromatic carbocycles. The summed E-state index contributed by atoms with van der Waals surface area (Å²) in [5, 5.41) is 7.07. The maximum atomic E-state index is 2.43. The minimum atomic E-state index is -1.27. The first kappa shape index (κ1) is 44.2. The molecule has 0 aliphatic carbocycles. The number of hydrogen-bond donors (Lipinski definition) is 0. The average molecular weight is 815 g/mol. The second-order valence-corrected chi connectivity index (χ2v) is 31.2. The maximum Gasteiger partial charge on any atom is -0.0132 e. The van der Waals surface area contributed by atoms with E-state index in [2.05, 4.69) is 191 Å². The van der Waals surface area contributed by atoms with E-state index in [9.17, 15) is 0 Å². The predicted molar refractivity (Wildman–Crippen MR) is 217 cm³/mol. The molecular weight excluding hydrogens is 759 g/mol. The molecule has 0 radical (unpaired) electrons. The van der Waals surface area contributed by atoms with Crippen LogP contribution in [0.5, 0.6) is 0 Å². The van der Waals surface area contributed by atoms with Gasteiger partial charge < -0.3 is 24.8 Å². The molecular formula is C45H56Cl2Si2Zr-2. The van der Waals surface area contributed by atoms with Gasteiger partial charge in [-0.2, -0.15) is 12.1 Å². The quantitative estimate of drug-likeness (QED) is 0.134. The summed E-state index contributed by atoms with van der Waals surface area (Å²) in [5.74, 6) is 0. The molecule has 50 heavy (non-hydrogen) atoms. The van der Waals surface area contributed by atoms with Crippen LogP contribution in [0, 0.1) is 13.8 Å². The van der Waals surface area contributed by atoms with Gasteiger partial charge in [-0.3, -0.25) is 0 Å². The minimum Gasteiger partial charge on any atom is -1.00 e. The van der Waals surface area contributed by atoms with E-state index in [1.807, 2.05) is 0 Å². The summed E-state index contributed by atoms with van der Waals surface area (Å²) in [5.41, 5.74) is 11.4. The van der Waals surface area contributed by atoms with Crippen LogP contribution < -0.4 is 30.0 Å². The molecule has 0 unspecified atom stereocenters. The monoisotopic (exact) mass is 812 g/mol. The van der Waals surface area contributed by atoms with Crippen molar-refractivity contribution in [1.82, 2.24) is 0 Å². The molecule has 0 saturated carbocycles. The SMILES string of the molecule is CC(C)(C)c1ccc(-c2cccc3[cH-]c([Si](C)(C)C)cc23)cc1.C[Si](C)=[Zr+2].Cc1cc2c(-c3ccc(C(C)(C)C)cc3)ccc(C)c2[cH-]1.[Cl-].[Cl-]. The fraction of sp³-hybridized carbons (Fsp3) is 0.333. The van der Waals surface area contributed by atoms with Crippen LogP contribution in [0.2, 0.25) is 32.7 Å². The van der Waals surface area contributed by atoms with Crippen molar-refractivity contribution in [2.24, 2.45) is 0 Å². The Morgan fingerprint density at radius 3 is 1.50 bits per heavy atom. The molecule has 264 valence electrons. The first-order valence-corrected chi connectivity index (χ1v) is 27.0. The van der Waals surface area contributed by atoms with Gasteiger partial charge in [0, 0.05) is 0 Å². The molecule has 0 nitrogen and oxygen atoms in total. The Hall–Kier alpha value is -2.00. The van der Waals surface area contributed by atoms with Gasteiger partial charge in [0.15, 0.2) is 0 Å². The normalized spacial score (nSPS) is 11.5. The van der Waals surface area contributed by atoms with Gasteiger partial charge in [0.25, 0.3) is 0 Å². The second-order valence-electron chi connectivity index (χ2n) is 16.7. The van der Waals surface area contributed by atoms with Crippen LogP contribution in [0.4, 0.5) is 0 Å². The Morgan fingerprint density at radius 1 is 0.600 bits per heavy atom. The van der Waals surface area contributed by atoms with Gasteiger partial charge >= 0.3 is 41.9 Å². The van der Waals surface area contributed by atoms with Crippen LogP contribution in [0.25, 0.3) is 43.8 Å². The maximum absolute atomic E-state index is 2.43. The zero-order valence-electron chi connectivity index (χ0n) is 32.6. The number of hydrogen-bond acceptors (Lipinski definition) is 0. The summed E-state index contributed by atoms with van der Waals surface area (Å²) >= 11 is 1.74. The Kier molecular flexibility index (Phi) is 15.6. The van der Waals surface area contributed by atoms with E-state index in [0.29, 0.717) is 0 Å². The summed E-state index contributed by atoms with van der Waals surface area (Å²) in [6.45, 7) is 29.8. The molecule has 0 aromatic heterocycles. The van der Waals surface area contributed by atoms with Crippen molar-refractivity contribution in [2.75, 3.05) is 0 Å².